The second-order valence-corrected chi connectivity index (χ2v) is 4.68. The highest BCUT2D eigenvalue weighted by molar-refractivity contribution is 7.47. The molecular weight excluding hydrogens is 263 g/mol. The molecule has 0 atom stereocenters. The highest BCUT2D eigenvalue weighted by atomic mass is 31.2. The highest BCUT2D eigenvalue weighted by Gasteiger charge is 2.20. The minimum atomic E-state index is -4.86. The van der Waals surface area contributed by atoms with E-state index in [1.54, 1.807) is 0 Å². The average Bonchev–Trinajstić information content (AvgIpc) is 2.67. The molecule has 0 saturated carbocycles. The second kappa shape index (κ2) is 6.64. The SMILES string of the molecule is [2H]c1c([2H])c([2H])c(COP(=O)(O)OCc2c([2H])c([2H])c([2H])c([2H])c2[2H])c([2H])c1[2H]. The van der Waals surface area contributed by atoms with E-state index in [1.807, 2.05) is 0 Å². The van der Waals surface area contributed by atoms with Gasteiger partial charge in [0.2, 0.25) is 0 Å². The van der Waals surface area contributed by atoms with E-state index in [-0.39, 0.29) is 11.1 Å². The Kier molecular flexibility index (Phi) is 2.06. The van der Waals surface area contributed by atoms with Gasteiger partial charge in [-0.3, -0.25) is 9.05 Å². The zero-order chi connectivity index (χ0) is 22.3. The third kappa shape index (κ3) is 4.97. The van der Waals surface area contributed by atoms with Gasteiger partial charge in [0.25, 0.3) is 0 Å². The van der Waals surface area contributed by atoms with Crippen LogP contribution < -0.4 is 0 Å². The molecule has 0 fully saturated rings. The number of benzene rings is 2. The van der Waals surface area contributed by atoms with Gasteiger partial charge in [-0.1, -0.05) is 60.4 Å². The lowest BCUT2D eigenvalue weighted by atomic mass is 10.2. The predicted molar refractivity (Wildman–Crippen MR) is 72.3 cm³/mol. The second-order valence-electron chi connectivity index (χ2n) is 3.22. The van der Waals surface area contributed by atoms with Crippen LogP contribution in [0.3, 0.4) is 0 Å². The number of hydrogen-bond acceptors (Lipinski definition) is 3. The van der Waals surface area contributed by atoms with E-state index in [0.717, 1.165) is 0 Å². The Morgan fingerprint density at radius 2 is 1.26 bits per heavy atom. The Hall–Kier alpha value is -1.45. The van der Waals surface area contributed by atoms with Crippen LogP contribution in [0, 0.1) is 0 Å². The van der Waals surface area contributed by atoms with Gasteiger partial charge in [-0.15, -0.1) is 0 Å². The molecule has 2 rings (SSSR count). The molecule has 0 bridgehead atoms. The number of phosphoric ester groups is 1. The summed E-state index contributed by atoms with van der Waals surface area (Å²) in [5, 5.41) is 0. The molecule has 0 aliphatic heterocycles. The van der Waals surface area contributed by atoms with Crippen LogP contribution in [0.5, 0.6) is 0 Å². The predicted octanol–water partition coefficient (Wildman–Crippen LogP) is 3.52. The van der Waals surface area contributed by atoms with Crippen LogP contribution in [0.2, 0.25) is 0 Å². The summed E-state index contributed by atoms with van der Waals surface area (Å²) in [6, 6.07) is -6.27. The summed E-state index contributed by atoms with van der Waals surface area (Å²) in [6.45, 7) is -1.69. The largest absolute Gasteiger partial charge is 0.472 e. The first kappa shape index (κ1) is 5.90. The monoisotopic (exact) mass is 288 g/mol. The topological polar surface area (TPSA) is 55.8 Å². The van der Waals surface area contributed by atoms with E-state index in [0.29, 0.717) is 0 Å². The summed E-state index contributed by atoms with van der Waals surface area (Å²) in [6.07, 6.45) is 0. The van der Waals surface area contributed by atoms with Crippen molar-refractivity contribution in [2.24, 2.45) is 0 Å². The van der Waals surface area contributed by atoms with Crippen LogP contribution in [0.1, 0.15) is 24.8 Å². The maximum absolute atomic E-state index is 12.1. The fourth-order valence-electron chi connectivity index (χ4n) is 1.03. The van der Waals surface area contributed by atoms with E-state index in [2.05, 4.69) is 9.05 Å². The summed E-state index contributed by atoms with van der Waals surface area (Å²) in [4.78, 5) is 9.79. The fraction of sp³-hybridized carbons (Fsp3) is 0.143. The number of rotatable bonds is 6. The van der Waals surface area contributed by atoms with Crippen LogP contribution in [-0.4, -0.2) is 4.89 Å². The van der Waals surface area contributed by atoms with Gasteiger partial charge in [-0.25, -0.2) is 4.57 Å². The molecule has 2 aromatic rings. The van der Waals surface area contributed by atoms with Crippen molar-refractivity contribution in [1.29, 1.82) is 0 Å². The Bertz CT molecular complexity index is 893. The van der Waals surface area contributed by atoms with Crippen molar-refractivity contribution in [3.05, 3.63) is 71.6 Å². The van der Waals surface area contributed by atoms with Gasteiger partial charge in [-0.05, 0) is 11.1 Å². The van der Waals surface area contributed by atoms with E-state index in [9.17, 15) is 9.46 Å². The summed E-state index contributed by atoms with van der Waals surface area (Å²) >= 11 is 0. The summed E-state index contributed by atoms with van der Waals surface area (Å²) < 4.78 is 97.6. The third-order valence-corrected chi connectivity index (χ3v) is 2.76. The van der Waals surface area contributed by atoms with Crippen LogP contribution in [0.15, 0.2) is 60.4 Å². The van der Waals surface area contributed by atoms with Crippen molar-refractivity contribution in [3.8, 4) is 0 Å². The number of hydrogen-bond donors (Lipinski definition) is 1. The maximum atomic E-state index is 12.1. The van der Waals surface area contributed by atoms with Crippen molar-refractivity contribution in [1.82, 2.24) is 0 Å². The van der Waals surface area contributed by atoms with Gasteiger partial charge in [0.05, 0.1) is 26.9 Å². The lowest BCUT2D eigenvalue weighted by molar-refractivity contribution is 0.137. The first-order valence-electron chi connectivity index (χ1n) is 10.0. The van der Waals surface area contributed by atoms with Crippen LogP contribution in [0.25, 0.3) is 0 Å². The van der Waals surface area contributed by atoms with Gasteiger partial charge >= 0.3 is 7.82 Å². The summed E-state index contributed by atoms with van der Waals surface area (Å²) in [5.74, 6) is 0. The molecule has 19 heavy (non-hydrogen) atoms. The molecule has 0 saturated heterocycles. The molecular formula is C14H15O4P. The van der Waals surface area contributed by atoms with Crippen molar-refractivity contribution in [3.63, 3.8) is 0 Å². The Morgan fingerprint density at radius 3 is 1.63 bits per heavy atom. The van der Waals surface area contributed by atoms with E-state index >= 15 is 0 Å². The molecule has 0 spiro atoms. The van der Waals surface area contributed by atoms with Gasteiger partial charge in [0.1, 0.15) is 0 Å². The lowest BCUT2D eigenvalue weighted by Crippen LogP contribution is -1.96. The van der Waals surface area contributed by atoms with Crippen LogP contribution in [0.4, 0.5) is 0 Å². The zero-order valence-corrected chi connectivity index (χ0v) is 10.4. The highest BCUT2D eigenvalue weighted by Crippen LogP contribution is 2.44. The molecule has 5 heteroatoms. The molecule has 0 radical (unpaired) electrons. The van der Waals surface area contributed by atoms with Crippen molar-refractivity contribution < 1.29 is 32.2 Å². The Morgan fingerprint density at radius 1 is 0.895 bits per heavy atom. The molecule has 2 aromatic carbocycles. The minimum absolute atomic E-state index is 0.364. The molecule has 0 unspecified atom stereocenters. The molecule has 100 valence electrons. The third-order valence-electron chi connectivity index (χ3n) is 1.85. The Labute approximate surface area is 126 Å². The van der Waals surface area contributed by atoms with Gasteiger partial charge < -0.3 is 4.89 Å². The van der Waals surface area contributed by atoms with Crippen LogP contribution in [-0.2, 0) is 26.8 Å². The lowest BCUT2D eigenvalue weighted by Gasteiger charge is -2.12. The molecule has 0 amide bonds. The fourth-order valence-corrected chi connectivity index (χ4v) is 1.68. The molecule has 0 aliphatic carbocycles. The van der Waals surface area contributed by atoms with Crippen LogP contribution >= 0.6 is 7.82 Å². The molecule has 4 nitrogen and oxygen atoms in total. The summed E-state index contributed by atoms with van der Waals surface area (Å²) in [7, 11) is -4.86. The minimum Gasteiger partial charge on any atom is -0.302 e. The quantitative estimate of drug-likeness (QED) is 0.826. The summed E-state index contributed by atoms with van der Waals surface area (Å²) in [5.41, 5.74) is -0.728. The van der Waals surface area contributed by atoms with Crippen molar-refractivity contribution in [2.75, 3.05) is 0 Å². The average molecular weight is 288 g/mol. The maximum Gasteiger partial charge on any atom is 0.472 e. The molecule has 0 heterocycles. The molecule has 0 aromatic heterocycles. The van der Waals surface area contributed by atoms with Gasteiger partial charge in [0.15, 0.2) is 0 Å². The van der Waals surface area contributed by atoms with E-state index in [1.165, 1.54) is 0 Å². The molecule has 0 aliphatic rings. The molecule has 1 N–H and O–H groups in total. The van der Waals surface area contributed by atoms with E-state index < -0.39 is 81.5 Å². The smallest absolute Gasteiger partial charge is 0.302 e. The van der Waals surface area contributed by atoms with E-state index in [4.69, 9.17) is 13.7 Å². The van der Waals surface area contributed by atoms with Crippen molar-refractivity contribution >= 4 is 7.82 Å². The first-order valence-corrected chi connectivity index (χ1v) is 6.53. The first-order chi connectivity index (χ1) is 13.3. The van der Waals surface area contributed by atoms with Crippen molar-refractivity contribution in [2.45, 2.75) is 13.2 Å². The standard InChI is InChI=1S/C14H15O4P/c15-19(16,17-11-13-7-3-1-4-8-13)18-12-14-9-5-2-6-10-14/h1-10H,11-12H2,(H,15,16)/i1D,2D,3D,4D,5D,6D,7D,8D,9D,10D. The zero-order valence-electron chi connectivity index (χ0n) is 19.5. The van der Waals surface area contributed by atoms with Gasteiger partial charge in [0, 0.05) is 0 Å². The number of phosphoric acid groups is 1. The Balaban J connectivity index is 2.21. The normalized spacial score (nSPS) is 18.8. The van der Waals surface area contributed by atoms with Gasteiger partial charge in [-0.2, -0.15) is 0 Å².